The monoisotopic (exact) mass is 441 g/mol. The van der Waals surface area contributed by atoms with E-state index in [1.165, 1.54) is 12.1 Å². The molecule has 2 aromatic carbocycles. The van der Waals surface area contributed by atoms with E-state index in [1.807, 2.05) is 54.2 Å². The van der Waals surface area contributed by atoms with E-state index >= 15 is 0 Å². The molecular formula is C26H24FN5O. The van der Waals surface area contributed by atoms with Gasteiger partial charge in [0.2, 0.25) is 0 Å². The fourth-order valence-corrected chi connectivity index (χ4v) is 4.07. The van der Waals surface area contributed by atoms with Gasteiger partial charge in [0, 0.05) is 29.7 Å². The lowest BCUT2D eigenvalue weighted by Crippen LogP contribution is -1.99. The summed E-state index contributed by atoms with van der Waals surface area (Å²) in [6, 6.07) is 16.4. The molecule has 0 atom stereocenters. The first kappa shape index (κ1) is 20.8. The number of nitrogens with zero attached hydrogens (tertiary/aromatic N) is 4. The van der Waals surface area contributed by atoms with Crippen molar-refractivity contribution in [1.29, 1.82) is 0 Å². The van der Waals surface area contributed by atoms with Crippen molar-refractivity contribution < 1.29 is 9.13 Å². The van der Waals surface area contributed by atoms with E-state index in [0.29, 0.717) is 0 Å². The summed E-state index contributed by atoms with van der Waals surface area (Å²) in [7, 11) is 1.66. The van der Waals surface area contributed by atoms with E-state index in [9.17, 15) is 4.39 Å². The Hall–Kier alpha value is -4.13. The quantitative estimate of drug-likeness (QED) is 0.354. The highest BCUT2D eigenvalue weighted by Gasteiger charge is 2.16. The van der Waals surface area contributed by atoms with E-state index < -0.39 is 0 Å². The number of methoxy groups -OCH3 is 1. The lowest BCUT2D eigenvalue weighted by atomic mass is 10.1. The second kappa shape index (κ2) is 8.43. The zero-order valence-corrected chi connectivity index (χ0v) is 18.7. The number of ether oxygens (including phenoxy) is 1. The normalized spacial score (nSPS) is 11.2. The van der Waals surface area contributed by atoms with E-state index in [2.05, 4.69) is 21.6 Å². The number of hydrogen-bond donors (Lipinski definition) is 1. The van der Waals surface area contributed by atoms with Crippen LogP contribution in [0.1, 0.15) is 18.3 Å². The van der Waals surface area contributed by atoms with Crippen LogP contribution in [0.5, 0.6) is 5.75 Å². The highest BCUT2D eigenvalue weighted by molar-refractivity contribution is 5.79. The molecule has 5 aromatic rings. The Morgan fingerprint density at radius 1 is 1.09 bits per heavy atom. The zero-order chi connectivity index (χ0) is 22.9. The van der Waals surface area contributed by atoms with E-state index in [-0.39, 0.29) is 5.82 Å². The molecule has 0 radical (unpaired) electrons. The zero-order valence-electron chi connectivity index (χ0n) is 18.7. The number of fused-ring (bicyclic) bond motifs is 1. The summed E-state index contributed by atoms with van der Waals surface area (Å²) < 4.78 is 23.1. The topological polar surface area (TPSA) is 56.4 Å². The van der Waals surface area contributed by atoms with Crippen LogP contribution in [0, 0.1) is 12.7 Å². The number of rotatable bonds is 6. The molecular weight excluding hydrogens is 417 g/mol. The molecule has 166 valence electrons. The van der Waals surface area contributed by atoms with Crippen LogP contribution in [0.15, 0.2) is 73.3 Å². The fourth-order valence-electron chi connectivity index (χ4n) is 4.07. The van der Waals surface area contributed by atoms with Gasteiger partial charge in [-0.3, -0.25) is 0 Å². The van der Waals surface area contributed by atoms with Crippen LogP contribution < -0.4 is 10.1 Å². The molecule has 0 aliphatic heterocycles. The van der Waals surface area contributed by atoms with Gasteiger partial charge in [-0.15, -0.1) is 0 Å². The number of halogens is 1. The van der Waals surface area contributed by atoms with Crippen molar-refractivity contribution in [2.75, 3.05) is 12.4 Å². The number of benzene rings is 2. The van der Waals surface area contributed by atoms with Gasteiger partial charge in [-0.1, -0.05) is 6.92 Å². The van der Waals surface area contributed by atoms with Crippen molar-refractivity contribution in [3.05, 3.63) is 90.5 Å². The van der Waals surface area contributed by atoms with Gasteiger partial charge in [-0.25, -0.2) is 14.4 Å². The van der Waals surface area contributed by atoms with Gasteiger partial charge in [-0.05, 0) is 61.9 Å². The minimum atomic E-state index is -0.258. The van der Waals surface area contributed by atoms with Gasteiger partial charge < -0.3 is 19.0 Å². The van der Waals surface area contributed by atoms with Crippen LogP contribution >= 0.6 is 0 Å². The van der Waals surface area contributed by atoms with Gasteiger partial charge in [0.15, 0.2) is 5.65 Å². The van der Waals surface area contributed by atoms with E-state index in [4.69, 9.17) is 9.72 Å². The molecule has 5 rings (SSSR count). The summed E-state index contributed by atoms with van der Waals surface area (Å²) in [6.07, 6.45) is 6.53. The lowest BCUT2D eigenvalue weighted by Gasteiger charge is -2.13. The first-order valence-electron chi connectivity index (χ1n) is 10.8. The maximum atomic E-state index is 13.4. The van der Waals surface area contributed by atoms with Crippen LogP contribution in [0.3, 0.4) is 0 Å². The van der Waals surface area contributed by atoms with E-state index in [0.717, 1.165) is 57.5 Å². The van der Waals surface area contributed by atoms with Crippen molar-refractivity contribution in [3.8, 4) is 22.7 Å². The van der Waals surface area contributed by atoms with Crippen molar-refractivity contribution in [3.63, 3.8) is 0 Å². The summed E-state index contributed by atoms with van der Waals surface area (Å²) in [5, 5.41) is 3.48. The predicted octanol–water partition coefficient (Wildman–Crippen LogP) is 5.95. The molecule has 0 aliphatic rings. The number of anilines is 2. The Kier molecular flexibility index (Phi) is 5.30. The van der Waals surface area contributed by atoms with Crippen molar-refractivity contribution in [2.24, 2.45) is 0 Å². The van der Waals surface area contributed by atoms with Gasteiger partial charge >= 0.3 is 0 Å². The number of pyridine rings is 1. The smallest absolute Gasteiger partial charge is 0.161 e. The summed E-state index contributed by atoms with van der Waals surface area (Å²) in [4.78, 5) is 9.23. The highest BCUT2D eigenvalue weighted by atomic mass is 19.1. The molecule has 0 bridgehead atoms. The molecule has 3 heterocycles. The molecule has 0 aliphatic carbocycles. The molecule has 7 heteroatoms. The molecule has 33 heavy (non-hydrogen) atoms. The molecule has 1 N–H and O–H groups in total. The first-order valence-corrected chi connectivity index (χ1v) is 10.8. The molecule has 0 fully saturated rings. The van der Waals surface area contributed by atoms with Crippen LogP contribution in [-0.4, -0.2) is 26.0 Å². The van der Waals surface area contributed by atoms with Crippen LogP contribution in [0.25, 0.3) is 22.6 Å². The minimum Gasteiger partial charge on any atom is -0.494 e. The van der Waals surface area contributed by atoms with Gasteiger partial charge in [0.25, 0.3) is 0 Å². The third-order valence-electron chi connectivity index (χ3n) is 5.65. The van der Waals surface area contributed by atoms with Gasteiger partial charge in [0.05, 0.1) is 41.9 Å². The average Bonchev–Trinajstić information content (AvgIpc) is 3.43. The van der Waals surface area contributed by atoms with Crippen molar-refractivity contribution in [1.82, 2.24) is 18.9 Å². The van der Waals surface area contributed by atoms with Crippen LogP contribution in [-0.2, 0) is 6.42 Å². The molecule has 0 saturated carbocycles. The van der Waals surface area contributed by atoms with Crippen LogP contribution in [0.2, 0.25) is 0 Å². The first-order chi connectivity index (χ1) is 16.1. The number of nitrogens with one attached hydrogen (secondary N) is 1. The molecule has 0 spiro atoms. The summed E-state index contributed by atoms with van der Waals surface area (Å²) in [5.41, 5.74) is 7.23. The Morgan fingerprint density at radius 3 is 2.61 bits per heavy atom. The Morgan fingerprint density at radius 2 is 1.91 bits per heavy atom. The van der Waals surface area contributed by atoms with Gasteiger partial charge in [-0.2, -0.15) is 0 Å². The molecule has 6 nitrogen and oxygen atoms in total. The predicted molar refractivity (Wildman–Crippen MR) is 128 cm³/mol. The van der Waals surface area contributed by atoms with Crippen LogP contribution in [0.4, 0.5) is 15.8 Å². The minimum absolute atomic E-state index is 0.258. The largest absolute Gasteiger partial charge is 0.494 e. The summed E-state index contributed by atoms with van der Waals surface area (Å²) >= 11 is 0. The maximum absolute atomic E-state index is 13.4. The Bertz CT molecular complexity index is 1440. The SMILES string of the molecule is CCc1c(-c2ccc(F)cc2)nc2c(Nc3ccc(-n4cnc(C)c4)c(OC)c3)cccn12. The summed E-state index contributed by atoms with van der Waals surface area (Å²) in [5.74, 6) is 0.472. The molecule has 3 aromatic heterocycles. The van der Waals surface area contributed by atoms with Crippen molar-refractivity contribution in [2.45, 2.75) is 20.3 Å². The number of imidazole rings is 2. The van der Waals surface area contributed by atoms with Crippen molar-refractivity contribution >= 4 is 17.0 Å². The Balaban J connectivity index is 1.55. The number of aromatic nitrogens is 4. The van der Waals surface area contributed by atoms with E-state index in [1.54, 1.807) is 25.6 Å². The second-order valence-electron chi connectivity index (χ2n) is 7.82. The average molecular weight is 442 g/mol. The second-order valence-corrected chi connectivity index (χ2v) is 7.82. The molecule has 0 unspecified atom stereocenters. The third-order valence-corrected chi connectivity index (χ3v) is 5.65. The maximum Gasteiger partial charge on any atom is 0.161 e. The van der Waals surface area contributed by atoms with Gasteiger partial charge in [0.1, 0.15) is 11.6 Å². The Labute approximate surface area is 191 Å². The number of aryl methyl sites for hydroxylation is 2. The molecule has 0 saturated heterocycles. The third kappa shape index (κ3) is 3.82. The fraction of sp³-hybridized carbons (Fsp3) is 0.154. The lowest BCUT2D eigenvalue weighted by molar-refractivity contribution is 0.413. The number of hydrogen-bond acceptors (Lipinski definition) is 4. The molecule has 0 amide bonds. The highest BCUT2D eigenvalue weighted by Crippen LogP contribution is 2.32. The standard InChI is InChI=1S/C26H24FN5O/c1-4-22-25(18-7-9-19(27)10-8-18)30-26-21(6-5-13-32(22)26)29-20-11-12-23(24(14-20)33-3)31-15-17(2)28-16-31/h5-16,29H,4H2,1-3H3. The summed E-state index contributed by atoms with van der Waals surface area (Å²) in [6.45, 7) is 4.05.